The predicted octanol–water partition coefficient (Wildman–Crippen LogP) is 0.690. The maximum Gasteiger partial charge on any atom is 0.239 e. The summed E-state index contributed by atoms with van der Waals surface area (Å²) in [7, 11) is 0. The molecule has 1 heterocycles. The zero-order chi connectivity index (χ0) is 12.6. The smallest absolute Gasteiger partial charge is 0.239 e. The maximum absolute atomic E-state index is 11.3. The van der Waals surface area contributed by atoms with E-state index in [1.165, 1.54) is 5.56 Å². The maximum atomic E-state index is 11.3. The van der Waals surface area contributed by atoms with Crippen LogP contribution in [0, 0.1) is 0 Å². The van der Waals surface area contributed by atoms with Crippen molar-refractivity contribution in [1.82, 2.24) is 5.32 Å². The van der Waals surface area contributed by atoms with Gasteiger partial charge in [0, 0.05) is 25.2 Å². The molecule has 0 bridgehead atoms. The molecule has 18 heavy (non-hydrogen) atoms. The average Bonchev–Trinajstić information content (AvgIpc) is 3.08. The first-order valence-electron chi connectivity index (χ1n) is 6.48. The monoisotopic (exact) mass is 246 g/mol. The molecule has 1 amide bonds. The molecule has 1 aromatic carbocycles. The fourth-order valence-electron chi connectivity index (χ4n) is 2.38. The third-order valence-corrected chi connectivity index (χ3v) is 3.70. The molecule has 2 aliphatic rings. The molecule has 1 aliphatic heterocycles. The van der Waals surface area contributed by atoms with E-state index in [1.54, 1.807) is 0 Å². The van der Waals surface area contributed by atoms with Gasteiger partial charge in [0.1, 0.15) is 0 Å². The van der Waals surface area contributed by atoms with Crippen LogP contribution in [0.1, 0.15) is 18.4 Å². The number of anilines is 1. The van der Waals surface area contributed by atoms with E-state index in [0.717, 1.165) is 31.5 Å². The van der Waals surface area contributed by atoms with Crippen LogP contribution in [0.25, 0.3) is 0 Å². The number of nitrogens with one attached hydrogen (secondary N) is 1. The summed E-state index contributed by atoms with van der Waals surface area (Å²) in [6, 6.07) is 8.19. The molecular formula is C14H18N2O2. The van der Waals surface area contributed by atoms with E-state index in [4.69, 9.17) is 0 Å². The molecule has 0 unspecified atom stereocenters. The molecule has 96 valence electrons. The van der Waals surface area contributed by atoms with Crippen molar-refractivity contribution >= 4 is 11.6 Å². The normalized spacial score (nSPS) is 21.6. The highest BCUT2D eigenvalue weighted by molar-refractivity contribution is 5.82. The van der Waals surface area contributed by atoms with Crippen LogP contribution in [-0.2, 0) is 11.2 Å². The molecular weight excluding hydrogens is 228 g/mol. The van der Waals surface area contributed by atoms with E-state index in [0.29, 0.717) is 13.1 Å². The number of hydrogen-bond acceptors (Lipinski definition) is 3. The molecule has 4 nitrogen and oxygen atoms in total. The van der Waals surface area contributed by atoms with Gasteiger partial charge in [0.05, 0.1) is 12.1 Å². The van der Waals surface area contributed by atoms with Crippen molar-refractivity contribution < 1.29 is 9.90 Å². The lowest BCUT2D eigenvalue weighted by Gasteiger charge is -2.28. The first kappa shape index (κ1) is 11.5. The summed E-state index contributed by atoms with van der Waals surface area (Å²) in [6.07, 6.45) is 2.58. The van der Waals surface area contributed by atoms with Crippen LogP contribution in [0.5, 0.6) is 0 Å². The number of carbonyl (C=O) groups is 1. The summed E-state index contributed by atoms with van der Waals surface area (Å²) in [5, 5.41) is 12.7. The van der Waals surface area contributed by atoms with Crippen LogP contribution in [-0.4, -0.2) is 36.2 Å². The highest BCUT2D eigenvalue weighted by Crippen LogP contribution is 2.38. The number of rotatable bonds is 3. The summed E-state index contributed by atoms with van der Waals surface area (Å²) < 4.78 is 0. The van der Waals surface area contributed by atoms with Crippen molar-refractivity contribution in [3.8, 4) is 0 Å². The third-order valence-electron chi connectivity index (χ3n) is 3.70. The topological polar surface area (TPSA) is 52.6 Å². The molecule has 2 fully saturated rings. The number of benzene rings is 1. The van der Waals surface area contributed by atoms with Crippen LogP contribution in [0.2, 0.25) is 0 Å². The van der Waals surface area contributed by atoms with Gasteiger partial charge in [-0.15, -0.1) is 0 Å². The van der Waals surface area contributed by atoms with Gasteiger partial charge in [-0.05, 0) is 30.5 Å². The Kier molecular flexibility index (Phi) is 2.74. The van der Waals surface area contributed by atoms with Gasteiger partial charge >= 0.3 is 0 Å². The molecule has 1 saturated carbocycles. The Morgan fingerprint density at radius 2 is 2.00 bits per heavy atom. The van der Waals surface area contributed by atoms with Gasteiger partial charge < -0.3 is 15.3 Å². The van der Waals surface area contributed by atoms with Crippen molar-refractivity contribution in [2.75, 3.05) is 24.5 Å². The van der Waals surface area contributed by atoms with Crippen LogP contribution < -0.4 is 10.2 Å². The number of nitrogens with zero attached hydrogens (tertiary/aromatic N) is 1. The lowest BCUT2D eigenvalue weighted by atomic mass is 10.1. The van der Waals surface area contributed by atoms with Gasteiger partial charge in [0.2, 0.25) is 5.91 Å². The van der Waals surface area contributed by atoms with Gasteiger partial charge in [-0.25, -0.2) is 0 Å². The lowest BCUT2D eigenvalue weighted by Crippen LogP contribution is -2.47. The molecule has 3 rings (SSSR count). The summed E-state index contributed by atoms with van der Waals surface area (Å²) in [4.78, 5) is 13.4. The largest absolute Gasteiger partial charge is 0.390 e. The van der Waals surface area contributed by atoms with Crippen molar-refractivity contribution in [3.63, 3.8) is 0 Å². The van der Waals surface area contributed by atoms with E-state index in [9.17, 15) is 9.90 Å². The molecule has 0 radical (unpaired) electrons. The minimum absolute atomic E-state index is 0.0811. The van der Waals surface area contributed by atoms with Gasteiger partial charge in [-0.1, -0.05) is 12.1 Å². The molecule has 0 atom stereocenters. The summed E-state index contributed by atoms with van der Waals surface area (Å²) >= 11 is 0. The van der Waals surface area contributed by atoms with Gasteiger partial charge in [0.25, 0.3) is 0 Å². The Morgan fingerprint density at radius 1 is 1.28 bits per heavy atom. The summed E-state index contributed by atoms with van der Waals surface area (Å²) in [5.41, 5.74) is 1.81. The van der Waals surface area contributed by atoms with Crippen molar-refractivity contribution in [2.24, 2.45) is 0 Å². The van der Waals surface area contributed by atoms with Crippen LogP contribution in [0.15, 0.2) is 24.3 Å². The predicted molar refractivity (Wildman–Crippen MR) is 69.6 cm³/mol. The van der Waals surface area contributed by atoms with E-state index >= 15 is 0 Å². The Labute approximate surface area is 107 Å². The summed E-state index contributed by atoms with van der Waals surface area (Å²) in [6.45, 7) is 2.00. The second kappa shape index (κ2) is 4.28. The molecule has 0 spiro atoms. The molecule has 1 aromatic rings. The first-order chi connectivity index (χ1) is 8.65. The lowest BCUT2D eigenvalue weighted by molar-refractivity contribution is -0.120. The number of piperazine rings is 1. The zero-order valence-corrected chi connectivity index (χ0v) is 10.4. The van der Waals surface area contributed by atoms with E-state index < -0.39 is 5.60 Å². The Hall–Kier alpha value is -1.55. The highest BCUT2D eigenvalue weighted by Gasteiger charge is 2.39. The van der Waals surface area contributed by atoms with E-state index in [2.05, 4.69) is 22.3 Å². The molecule has 4 heteroatoms. The fourth-order valence-corrected chi connectivity index (χ4v) is 2.38. The van der Waals surface area contributed by atoms with Gasteiger partial charge in [0.15, 0.2) is 0 Å². The number of amides is 1. The fraction of sp³-hybridized carbons (Fsp3) is 0.500. The van der Waals surface area contributed by atoms with Crippen LogP contribution >= 0.6 is 0 Å². The third kappa shape index (κ3) is 2.48. The SMILES string of the molecule is O=C1CN(c2ccc(CC3(O)CC3)cc2)CCN1. The van der Waals surface area contributed by atoms with Gasteiger partial charge in [-0.3, -0.25) is 4.79 Å². The molecule has 1 aliphatic carbocycles. The standard InChI is InChI=1S/C14H18N2O2/c17-13-10-16(8-7-15-13)12-3-1-11(2-4-12)9-14(18)5-6-14/h1-4,18H,5-10H2,(H,15,17). The van der Waals surface area contributed by atoms with Crippen LogP contribution in [0.3, 0.4) is 0 Å². The molecule has 2 N–H and O–H groups in total. The first-order valence-corrected chi connectivity index (χ1v) is 6.48. The Morgan fingerprint density at radius 3 is 2.61 bits per heavy atom. The molecule has 0 aromatic heterocycles. The van der Waals surface area contributed by atoms with E-state index in [-0.39, 0.29) is 5.91 Å². The minimum atomic E-state index is -0.438. The summed E-state index contributed by atoms with van der Waals surface area (Å²) in [5.74, 6) is 0.0811. The minimum Gasteiger partial charge on any atom is -0.390 e. The number of aliphatic hydroxyl groups is 1. The van der Waals surface area contributed by atoms with Crippen molar-refractivity contribution in [3.05, 3.63) is 29.8 Å². The average molecular weight is 246 g/mol. The van der Waals surface area contributed by atoms with E-state index in [1.807, 2.05) is 12.1 Å². The quantitative estimate of drug-likeness (QED) is 0.825. The second-order valence-corrected chi connectivity index (χ2v) is 5.34. The van der Waals surface area contributed by atoms with Crippen molar-refractivity contribution in [2.45, 2.75) is 24.9 Å². The van der Waals surface area contributed by atoms with Gasteiger partial charge in [-0.2, -0.15) is 0 Å². The Balaban J connectivity index is 1.68. The number of hydrogen-bond donors (Lipinski definition) is 2. The zero-order valence-electron chi connectivity index (χ0n) is 10.4. The molecule has 1 saturated heterocycles. The van der Waals surface area contributed by atoms with Crippen LogP contribution in [0.4, 0.5) is 5.69 Å². The van der Waals surface area contributed by atoms with Crippen molar-refractivity contribution in [1.29, 1.82) is 0 Å². The highest BCUT2D eigenvalue weighted by atomic mass is 16.3. The second-order valence-electron chi connectivity index (χ2n) is 5.34. The Bertz CT molecular complexity index is 451. The number of carbonyl (C=O) groups excluding carboxylic acids is 1.